The average molecular weight is 416 g/mol. The molecule has 0 radical (unpaired) electrons. The number of amides is 1. The van der Waals surface area contributed by atoms with E-state index in [0.717, 1.165) is 6.20 Å². The summed E-state index contributed by atoms with van der Waals surface area (Å²) in [6.07, 6.45) is -1.85. The number of carbonyl (C=O) groups excluding carboxylic acids is 1. The van der Waals surface area contributed by atoms with Crippen LogP contribution in [0.5, 0.6) is 0 Å². The number of hydrogen-bond donors (Lipinski definition) is 1. The molecule has 1 aliphatic heterocycles. The van der Waals surface area contributed by atoms with E-state index >= 15 is 0 Å². The molecule has 1 saturated heterocycles. The number of nitriles is 1. The van der Waals surface area contributed by atoms with Gasteiger partial charge in [-0.25, -0.2) is 14.6 Å². The molecule has 9 nitrogen and oxygen atoms in total. The zero-order chi connectivity index (χ0) is 21.3. The highest BCUT2D eigenvalue weighted by molar-refractivity contribution is 5.79. The Morgan fingerprint density at radius 2 is 2.13 bits per heavy atom. The summed E-state index contributed by atoms with van der Waals surface area (Å²) in [5.74, 6) is -0.279. The molecule has 154 valence electrons. The molecule has 1 aromatic carbocycles. The zero-order valence-electron chi connectivity index (χ0n) is 15.5. The molecular weight excluding hydrogens is 401 g/mol. The van der Waals surface area contributed by atoms with Crippen LogP contribution in [0.4, 0.5) is 18.9 Å². The van der Waals surface area contributed by atoms with Crippen LogP contribution in [0.25, 0.3) is 11.0 Å². The van der Waals surface area contributed by atoms with Crippen molar-refractivity contribution in [2.45, 2.75) is 25.2 Å². The normalized spacial score (nSPS) is 16.6. The van der Waals surface area contributed by atoms with Crippen LogP contribution in [0.15, 0.2) is 30.7 Å². The van der Waals surface area contributed by atoms with E-state index in [4.69, 9.17) is 5.26 Å². The average Bonchev–Trinajstić information content (AvgIpc) is 3.35. The molecule has 3 aromatic rings. The third-order valence-corrected chi connectivity index (χ3v) is 4.68. The predicted molar refractivity (Wildman–Crippen MR) is 98.0 cm³/mol. The van der Waals surface area contributed by atoms with Gasteiger partial charge in [-0.15, -0.1) is 5.10 Å². The highest BCUT2D eigenvalue weighted by Gasteiger charge is 2.33. The number of carbonyl (C=O) groups is 1. The Labute approximate surface area is 168 Å². The van der Waals surface area contributed by atoms with Crippen molar-refractivity contribution in [3.8, 4) is 6.07 Å². The maximum absolute atomic E-state index is 12.9. The summed E-state index contributed by atoms with van der Waals surface area (Å²) in [4.78, 5) is 25.4. The molecule has 1 fully saturated rings. The quantitative estimate of drug-likeness (QED) is 0.686. The first-order valence-corrected chi connectivity index (χ1v) is 9.00. The molecule has 3 heterocycles. The van der Waals surface area contributed by atoms with Gasteiger partial charge in [0.05, 0.1) is 17.2 Å². The SMILES string of the molecule is N#Cc1ncn(CC(=O)N[C@H]2CCN(c3ccc4ncc(C(F)(F)F)nc4c3)C2)n1. The summed E-state index contributed by atoms with van der Waals surface area (Å²) < 4.78 is 39.9. The van der Waals surface area contributed by atoms with E-state index in [1.165, 1.54) is 11.0 Å². The maximum Gasteiger partial charge on any atom is 0.434 e. The van der Waals surface area contributed by atoms with E-state index in [2.05, 4.69) is 25.4 Å². The van der Waals surface area contributed by atoms with Crippen LogP contribution < -0.4 is 10.2 Å². The summed E-state index contributed by atoms with van der Waals surface area (Å²) in [5, 5.41) is 15.4. The lowest BCUT2D eigenvalue weighted by Gasteiger charge is -2.19. The van der Waals surface area contributed by atoms with Crippen LogP contribution in [-0.4, -0.2) is 49.8 Å². The number of nitrogens with zero attached hydrogens (tertiary/aromatic N) is 7. The van der Waals surface area contributed by atoms with E-state index in [0.29, 0.717) is 30.7 Å². The standard InChI is InChI=1S/C18H15F3N8O/c19-18(20,21)15-7-23-13-2-1-12(5-14(13)26-15)28-4-3-11(8-28)25-17(30)9-29-10-24-16(6-22)27-29/h1-2,5,7,10-11H,3-4,8-9H2,(H,25,30)/t11-/m0/s1. The second-order valence-electron chi connectivity index (χ2n) is 6.80. The van der Waals surface area contributed by atoms with Gasteiger partial charge in [0, 0.05) is 24.8 Å². The molecule has 1 atom stereocenters. The number of anilines is 1. The molecule has 0 saturated carbocycles. The van der Waals surface area contributed by atoms with Crippen LogP contribution in [0.1, 0.15) is 17.9 Å². The van der Waals surface area contributed by atoms with Crippen LogP contribution in [0, 0.1) is 11.3 Å². The molecule has 30 heavy (non-hydrogen) atoms. The third kappa shape index (κ3) is 4.14. The first-order chi connectivity index (χ1) is 14.3. The topological polar surface area (TPSA) is 113 Å². The van der Waals surface area contributed by atoms with E-state index in [-0.39, 0.29) is 29.8 Å². The van der Waals surface area contributed by atoms with Crippen molar-refractivity contribution in [2.75, 3.05) is 18.0 Å². The Hall–Kier alpha value is -3.75. The zero-order valence-corrected chi connectivity index (χ0v) is 15.5. The van der Waals surface area contributed by atoms with Gasteiger partial charge in [-0.05, 0) is 24.6 Å². The van der Waals surface area contributed by atoms with Gasteiger partial charge in [0.25, 0.3) is 5.82 Å². The van der Waals surface area contributed by atoms with Crippen LogP contribution in [-0.2, 0) is 17.5 Å². The summed E-state index contributed by atoms with van der Waals surface area (Å²) in [7, 11) is 0. The second-order valence-corrected chi connectivity index (χ2v) is 6.80. The fraction of sp³-hybridized carbons (Fsp3) is 0.333. The van der Waals surface area contributed by atoms with Crippen molar-refractivity contribution < 1.29 is 18.0 Å². The Bertz CT molecular complexity index is 1140. The fourth-order valence-corrected chi connectivity index (χ4v) is 3.29. The highest BCUT2D eigenvalue weighted by Crippen LogP contribution is 2.29. The number of rotatable bonds is 4. The summed E-state index contributed by atoms with van der Waals surface area (Å²) in [6, 6.07) is 6.63. The molecule has 0 unspecified atom stereocenters. The monoisotopic (exact) mass is 416 g/mol. The fourth-order valence-electron chi connectivity index (χ4n) is 3.29. The van der Waals surface area contributed by atoms with Crippen LogP contribution in [0.2, 0.25) is 0 Å². The molecule has 0 aliphatic carbocycles. The van der Waals surface area contributed by atoms with Crippen LogP contribution in [0.3, 0.4) is 0 Å². The predicted octanol–water partition coefficient (Wildman–Crippen LogP) is 1.51. The number of benzene rings is 1. The molecule has 1 N–H and O–H groups in total. The van der Waals surface area contributed by atoms with E-state index in [9.17, 15) is 18.0 Å². The van der Waals surface area contributed by atoms with Gasteiger partial charge in [-0.1, -0.05) is 0 Å². The third-order valence-electron chi connectivity index (χ3n) is 4.68. The first kappa shape index (κ1) is 19.6. The Morgan fingerprint density at radius 3 is 2.87 bits per heavy atom. The lowest BCUT2D eigenvalue weighted by atomic mass is 10.2. The van der Waals surface area contributed by atoms with Gasteiger partial charge >= 0.3 is 6.18 Å². The maximum atomic E-state index is 12.9. The molecule has 1 aliphatic rings. The molecular formula is C18H15F3N8O. The van der Waals surface area contributed by atoms with Gasteiger partial charge in [-0.3, -0.25) is 9.78 Å². The second kappa shape index (κ2) is 7.58. The smallest absolute Gasteiger partial charge is 0.369 e. The summed E-state index contributed by atoms with van der Waals surface area (Å²) in [5.41, 5.74) is 0.212. The number of fused-ring (bicyclic) bond motifs is 1. The molecule has 0 spiro atoms. The molecule has 4 rings (SSSR count). The minimum absolute atomic E-state index is 0.0112. The van der Waals surface area contributed by atoms with Crippen molar-refractivity contribution >= 4 is 22.6 Å². The van der Waals surface area contributed by atoms with Crippen molar-refractivity contribution in [2.24, 2.45) is 0 Å². The molecule has 12 heteroatoms. The number of nitrogens with one attached hydrogen (secondary N) is 1. The number of hydrogen-bond acceptors (Lipinski definition) is 7. The molecule has 1 amide bonds. The van der Waals surface area contributed by atoms with Gasteiger partial charge in [0.15, 0.2) is 5.69 Å². The van der Waals surface area contributed by atoms with Gasteiger partial charge < -0.3 is 10.2 Å². The number of alkyl halides is 3. The lowest BCUT2D eigenvalue weighted by molar-refractivity contribution is -0.141. The Balaban J connectivity index is 1.41. The summed E-state index contributed by atoms with van der Waals surface area (Å²) in [6.45, 7) is 1.08. The highest BCUT2D eigenvalue weighted by atomic mass is 19.4. The lowest BCUT2D eigenvalue weighted by Crippen LogP contribution is -2.39. The van der Waals surface area contributed by atoms with Gasteiger partial charge in [-0.2, -0.15) is 18.4 Å². The first-order valence-electron chi connectivity index (χ1n) is 9.00. The number of aromatic nitrogens is 5. The molecule has 0 bridgehead atoms. The summed E-state index contributed by atoms with van der Waals surface area (Å²) >= 11 is 0. The van der Waals surface area contributed by atoms with E-state index in [1.807, 2.05) is 4.90 Å². The van der Waals surface area contributed by atoms with E-state index < -0.39 is 11.9 Å². The Kier molecular flexibility index (Phi) is 4.94. The van der Waals surface area contributed by atoms with Gasteiger partial charge in [0.2, 0.25) is 5.91 Å². The number of halogens is 3. The minimum Gasteiger partial charge on any atom is -0.369 e. The Morgan fingerprint density at radius 1 is 1.30 bits per heavy atom. The van der Waals surface area contributed by atoms with Crippen molar-refractivity contribution in [3.63, 3.8) is 0 Å². The van der Waals surface area contributed by atoms with Crippen molar-refractivity contribution in [3.05, 3.63) is 42.2 Å². The van der Waals surface area contributed by atoms with Gasteiger partial charge in [0.1, 0.15) is 18.9 Å². The molecule has 2 aromatic heterocycles. The minimum atomic E-state index is -4.56. The van der Waals surface area contributed by atoms with E-state index in [1.54, 1.807) is 24.3 Å². The van der Waals surface area contributed by atoms with Crippen molar-refractivity contribution in [1.29, 1.82) is 5.26 Å². The van der Waals surface area contributed by atoms with Crippen molar-refractivity contribution in [1.82, 2.24) is 30.0 Å². The van der Waals surface area contributed by atoms with Crippen LogP contribution >= 0.6 is 0 Å². The largest absolute Gasteiger partial charge is 0.434 e.